The van der Waals surface area contributed by atoms with E-state index in [4.69, 9.17) is 0 Å². The van der Waals surface area contributed by atoms with Gasteiger partial charge in [-0.15, -0.1) is 0 Å². The molecular weight excluding hydrogens is 641 g/mol. The maximum Gasteiger partial charge on any atom is 0.0679 e. The highest BCUT2D eigenvalue weighted by molar-refractivity contribution is 6.06. The van der Waals surface area contributed by atoms with E-state index in [1.807, 2.05) is 24.4 Å². The molecule has 4 atom stereocenters. The van der Waals surface area contributed by atoms with E-state index in [9.17, 15) is 0 Å². The van der Waals surface area contributed by atoms with Crippen LogP contribution in [0, 0.1) is 11.8 Å². The minimum Gasteiger partial charge on any atom is -0.358 e. The zero-order valence-electron chi connectivity index (χ0n) is 30.4. The normalized spacial score (nSPS) is 21.7. The maximum absolute atomic E-state index is 4.69. The second-order valence-corrected chi connectivity index (χ2v) is 14.8. The molecule has 0 aromatic heterocycles. The Labute approximate surface area is 313 Å². The molecule has 1 N–H and O–H groups in total. The third kappa shape index (κ3) is 5.70. The molecule has 0 fully saturated rings. The summed E-state index contributed by atoms with van der Waals surface area (Å²) in [6.07, 6.45) is 16.9. The summed E-state index contributed by atoms with van der Waals surface area (Å²) < 4.78 is 0. The lowest BCUT2D eigenvalue weighted by Crippen LogP contribution is -2.33. The van der Waals surface area contributed by atoms with E-state index in [0.717, 1.165) is 17.7 Å². The van der Waals surface area contributed by atoms with Gasteiger partial charge >= 0.3 is 0 Å². The Morgan fingerprint density at radius 1 is 0.717 bits per heavy atom. The molecule has 0 saturated heterocycles. The van der Waals surface area contributed by atoms with Gasteiger partial charge in [0.15, 0.2) is 0 Å². The molecule has 258 valence electrons. The van der Waals surface area contributed by atoms with E-state index in [0.29, 0.717) is 18.4 Å². The summed E-state index contributed by atoms with van der Waals surface area (Å²) in [7, 11) is 0. The first-order valence-corrected chi connectivity index (χ1v) is 19.0. The Morgan fingerprint density at radius 2 is 1.43 bits per heavy atom. The van der Waals surface area contributed by atoms with Crippen LogP contribution in [0.5, 0.6) is 0 Å². The number of nitrogens with one attached hydrogen (secondary N) is 1. The number of anilines is 1. The highest BCUT2D eigenvalue weighted by atomic mass is 14.9. The Morgan fingerprint density at radius 3 is 2.23 bits per heavy atom. The van der Waals surface area contributed by atoms with Gasteiger partial charge in [-0.1, -0.05) is 172 Å². The molecular formula is C51H44N2. The van der Waals surface area contributed by atoms with Crippen LogP contribution >= 0.6 is 0 Å². The molecule has 0 radical (unpaired) electrons. The van der Waals surface area contributed by atoms with Crippen LogP contribution in [0.25, 0.3) is 21.9 Å². The molecule has 6 aromatic carbocycles. The summed E-state index contributed by atoms with van der Waals surface area (Å²) in [5, 5.41) is 6.54. The van der Waals surface area contributed by atoms with Crippen LogP contribution in [0.1, 0.15) is 59.6 Å². The summed E-state index contributed by atoms with van der Waals surface area (Å²) in [6, 6.07) is 51.2. The summed E-state index contributed by atoms with van der Waals surface area (Å²) in [5.74, 6) is 0.830. The monoisotopic (exact) mass is 684 g/mol. The van der Waals surface area contributed by atoms with Gasteiger partial charge in [-0.25, -0.2) is 0 Å². The third-order valence-corrected chi connectivity index (χ3v) is 11.6. The Bertz CT molecular complexity index is 2450. The van der Waals surface area contributed by atoms with Crippen molar-refractivity contribution >= 4 is 22.7 Å². The van der Waals surface area contributed by atoms with E-state index >= 15 is 0 Å². The average Bonchev–Trinajstić information content (AvgIpc) is 3.50. The molecule has 9 rings (SSSR count). The van der Waals surface area contributed by atoms with Crippen molar-refractivity contribution in [2.24, 2.45) is 16.8 Å². The second kappa shape index (κ2) is 13.9. The SMILES string of the molecule is CC1CC=CC=C1C1(c2ccccc2)c2ccccc2-c2c1cc(C1C(Nc3ccc(CN=Cc4ccccc4)cc3)=CC=CC1C)c1ccccc21. The highest BCUT2D eigenvalue weighted by Crippen LogP contribution is 2.61. The van der Waals surface area contributed by atoms with Gasteiger partial charge in [0.25, 0.3) is 0 Å². The van der Waals surface area contributed by atoms with Crippen molar-refractivity contribution in [3.8, 4) is 11.1 Å². The molecule has 2 nitrogen and oxygen atoms in total. The van der Waals surface area contributed by atoms with Crippen LogP contribution in [-0.4, -0.2) is 6.21 Å². The number of rotatable bonds is 8. The number of hydrogen-bond acceptors (Lipinski definition) is 2. The van der Waals surface area contributed by atoms with Crippen LogP contribution in [0.4, 0.5) is 5.69 Å². The van der Waals surface area contributed by atoms with Gasteiger partial charge in [-0.05, 0) is 97.3 Å². The van der Waals surface area contributed by atoms with Crippen molar-refractivity contribution in [3.63, 3.8) is 0 Å². The van der Waals surface area contributed by atoms with Crippen molar-refractivity contribution in [3.05, 3.63) is 221 Å². The fraction of sp³-hybridized carbons (Fsp3) is 0.157. The largest absolute Gasteiger partial charge is 0.358 e. The summed E-state index contributed by atoms with van der Waals surface area (Å²) >= 11 is 0. The highest BCUT2D eigenvalue weighted by Gasteiger charge is 2.49. The van der Waals surface area contributed by atoms with Gasteiger partial charge in [-0.2, -0.15) is 0 Å². The molecule has 6 aromatic rings. The minimum absolute atomic E-state index is 0.139. The number of fused-ring (bicyclic) bond motifs is 5. The summed E-state index contributed by atoms with van der Waals surface area (Å²) in [4.78, 5) is 4.69. The first-order valence-electron chi connectivity index (χ1n) is 19.0. The van der Waals surface area contributed by atoms with E-state index in [1.54, 1.807) is 0 Å². The topological polar surface area (TPSA) is 24.4 Å². The minimum atomic E-state index is -0.403. The lowest BCUT2D eigenvalue weighted by atomic mass is 9.62. The van der Waals surface area contributed by atoms with E-state index in [-0.39, 0.29) is 5.92 Å². The first-order chi connectivity index (χ1) is 26.1. The average molecular weight is 685 g/mol. The molecule has 53 heavy (non-hydrogen) atoms. The summed E-state index contributed by atoms with van der Waals surface area (Å²) in [5.41, 5.74) is 13.9. The second-order valence-electron chi connectivity index (χ2n) is 14.8. The van der Waals surface area contributed by atoms with Crippen LogP contribution in [0.15, 0.2) is 192 Å². The maximum atomic E-state index is 4.69. The van der Waals surface area contributed by atoms with E-state index in [1.165, 1.54) is 61.0 Å². The standard InChI is InChI=1S/C51H44N2/c1-35-16-9-13-25-45(35)51(39-20-7-4-8-21-39)46-26-14-12-24-43(46)50-42-23-11-10-22-41(42)44(32-47(50)51)49-36(2)17-15-27-48(49)53-40-30-28-38(29-31-40)34-52-33-37-18-5-3-6-19-37/h3-15,17-33,35-36,49,53H,16,34H2,1-2H3. The number of hydrogen-bond donors (Lipinski definition) is 1. The van der Waals surface area contributed by atoms with Crippen LogP contribution < -0.4 is 5.32 Å². The molecule has 0 saturated carbocycles. The number of allylic oxidation sites excluding steroid dienone is 8. The Balaban J connectivity index is 1.17. The predicted octanol–water partition coefficient (Wildman–Crippen LogP) is 12.6. The van der Waals surface area contributed by atoms with Gasteiger partial charge < -0.3 is 5.32 Å². The molecule has 2 heteroatoms. The predicted molar refractivity (Wildman–Crippen MR) is 224 cm³/mol. The Hall–Kier alpha value is -5.99. The van der Waals surface area contributed by atoms with E-state index < -0.39 is 5.41 Å². The van der Waals surface area contributed by atoms with Crippen molar-refractivity contribution in [1.29, 1.82) is 0 Å². The molecule has 0 bridgehead atoms. The van der Waals surface area contributed by atoms with Gasteiger partial charge in [0.2, 0.25) is 0 Å². The smallest absolute Gasteiger partial charge is 0.0679 e. The fourth-order valence-electron chi connectivity index (χ4n) is 9.20. The van der Waals surface area contributed by atoms with Crippen LogP contribution in [-0.2, 0) is 12.0 Å². The Kier molecular flexibility index (Phi) is 8.60. The van der Waals surface area contributed by atoms with Crippen LogP contribution in [0.3, 0.4) is 0 Å². The molecule has 0 heterocycles. The molecule has 0 aliphatic heterocycles. The van der Waals surface area contributed by atoms with Crippen molar-refractivity contribution < 1.29 is 0 Å². The summed E-state index contributed by atoms with van der Waals surface area (Å²) in [6.45, 7) is 5.42. The lowest BCUT2D eigenvalue weighted by Gasteiger charge is -2.40. The van der Waals surface area contributed by atoms with Gasteiger partial charge in [-0.3, -0.25) is 4.99 Å². The van der Waals surface area contributed by atoms with Gasteiger partial charge in [0, 0.05) is 23.5 Å². The number of nitrogens with zero attached hydrogens (tertiary/aromatic N) is 1. The lowest BCUT2D eigenvalue weighted by molar-refractivity contribution is 0.573. The van der Waals surface area contributed by atoms with Gasteiger partial charge in [0.05, 0.1) is 12.0 Å². The molecule has 3 aliphatic carbocycles. The van der Waals surface area contributed by atoms with Crippen LogP contribution in [0.2, 0.25) is 0 Å². The molecule has 0 amide bonds. The third-order valence-electron chi connectivity index (χ3n) is 11.6. The first kappa shape index (κ1) is 32.9. The van der Waals surface area contributed by atoms with E-state index in [2.05, 4.69) is 182 Å². The zero-order chi connectivity index (χ0) is 35.8. The molecule has 4 unspecified atom stereocenters. The number of aliphatic imine (C=N–C) groups is 1. The van der Waals surface area contributed by atoms with Crippen molar-refractivity contribution in [2.45, 2.75) is 38.1 Å². The number of benzene rings is 6. The molecule has 0 spiro atoms. The quantitative estimate of drug-likeness (QED) is 0.159. The molecule has 3 aliphatic rings. The zero-order valence-corrected chi connectivity index (χ0v) is 30.4. The fourth-order valence-corrected chi connectivity index (χ4v) is 9.20. The van der Waals surface area contributed by atoms with Crippen molar-refractivity contribution in [1.82, 2.24) is 0 Å². The van der Waals surface area contributed by atoms with Gasteiger partial charge in [0.1, 0.15) is 0 Å². The van der Waals surface area contributed by atoms with Crippen molar-refractivity contribution in [2.75, 3.05) is 5.32 Å².